The maximum Gasteiger partial charge on any atom is 0.322 e. The molecule has 4 rings (SSSR count). The van der Waals surface area contributed by atoms with Gasteiger partial charge in [0.05, 0.1) is 14.2 Å². The summed E-state index contributed by atoms with van der Waals surface area (Å²) in [4.78, 5) is 15.0. The van der Waals surface area contributed by atoms with Gasteiger partial charge in [0.1, 0.15) is 17.5 Å². The van der Waals surface area contributed by atoms with Crippen LogP contribution in [0.15, 0.2) is 66.9 Å². The number of nitrogens with one attached hydrogen (secondary N) is 1. The van der Waals surface area contributed by atoms with Crippen molar-refractivity contribution in [2.45, 2.75) is 12.6 Å². The van der Waals surface area contributed by atoms with Crippen molar-refractivity contribution in [2.75, 3.05) is 26.1 Å². The molecule has 2 amide bonds. The number of hydrogen-bond acceptors (Lipinski definition) is 3. The van der Waals surface area contributed by atoms with E-state index in [9.17, 15) is 4.79 Å². The zero-order valence-electron chi connectivity index (χ0n) is 16.0. The Hall–Kier alpha value is -3.41. The number of ether oxygens (including phenoxy) is 2. The highest BCUT2D eigenvalue weighted by Gasteiger charge is 2.34. The third-order valence-electron chi connectivity index (χ3n) is 5.06. The maximum absolute atomic E-state index is 13.2. The number of rotatable bonds is 4. The number of anilines is 1. The van der Waals surface area contributed by atoms with Crippen LogP contribution in [0.25, 0.3) is 0 Å². The van der Waals surface area contributed by atoms with Crippen molar-refractivity contribution < 1.29 is 14.3 Å². The standard InChI is InChI=1S/C22H23N3O3/c1-27-17-10-11-20(28-2)18(15-17)21-19-9-6-12-24(19)13-14-25(21)22(26)23-16-7-4-3-5-8-16/h3-12,15,21H,13-14H2,1-2H3,(H,23,26). The Kier molecular flexibility index (Phi) is 4.93. The van der Waals surface area contributed by atoms with Crippen molar-refractivity contribution >= 4 is 11.7 Å². The molecule has 1 N–H and O–H groups in total. The highest BCUT2D eigenvalue weighted by atomic mass is 16.5. The summed E-state index contributed by atoms with van der Waals surface area (Å²) in [5, 5.41) is 3.01. The molecular weight excluding hydrogens is 354 g/mol. The largest absolute Gasteiger partial charge is 0.497 e. The van der Waals surface area contributed by atoms with E-state index in [2.05, 4.69) is 9.88 Å². The van der Waals surface area contributed by atoms with E-state index in [0.717, 1.165) is 35.0 Å². The van der Waals surface area contributed by atoms with Gasteiger partial charge in [0, 0.05) is 36.2 Å². The summed E-state index contributed by atoms with van der Waals surface area (Å²) in [6, 6.07) is 18.8. The number of aromatic nitrogens is 1. The third-order valence-corrected chi connectivity index (χ3v) is 5.06. The minimum Gasteiger partial charge on any atom is -0.497 e. The molecule has 0 aliphatic carbocycles. The number of urea groups is 1. The van der Waals surface area contributed by atoms with Crippen LogP contribution in [0.5, 0.6) is 11.5 Å². The molecule has 0 saturated carbocycles. The third kappa shape index (κ3) is 3.29. The molecule has 6 heteroatoms. The van der Waals surface area contributed by atoms with Gasteiger partial charge in [-0.25, -0.2) is 4.79 Å². The Balaban J connectivity index is 1.76. The first-order valence-electron chi connectivity index (χ1n) is 9.21. The SMILES string of the molecule is COc1ccc(OC)c(C2c3cccn3CCN2C(=O)Nc2ccccc2)c1. The van der Waals surface area contributed by atoms with E-state index in [1.807, 2.05) is 71.8 Å². The highest BCUT2D eigenvalue weighted by molar-refractivity contribution is 5.90. The number of amides is 2. The lowest BCUT2D eigenvalue weighted by Crippen LogP contribution is -2.44. The predicted octanol–water partition coefficient (Wildman–Crippen LogP) is 4.14. The van der Waals surface area contributed by atoms with Crippen LogP contribution in [0, 0.1) is 0 Å². The molecule has 0 saturated heterocycles. The van der Waals surface area contributed by atoms with Crippen LogP contribution < -0.4 is 14.8 Å². The molecular formula is C22H23N3O3. The monoisotopic (exact) mass is 377 g/mol. The Morgan fingerprint density at radius 1 is 1.00 bits per heavy atom. The molecule has 28 heavy (non-hydrogen) atoms. The van der Waals surface area contributed by atoms with E-state index in [1.54, 1.807) is 14.2 Å². The molecule has 2 aromatic carbocycles. The average Bonchev–Trinajstić information content (AvgIpc) is 3.22. The zero-order chi connectivity index (χ0) is 19.5. The van der Waals surface area contributed by atoms with Crippen LogP contribution in [0.1, 0.15) is 17.3 Å². The topological polar surface area (TPSA) is 55.7 Å². The van der Waals surface area contributed by atoms with E-state index < -0.39 is 0 Å². The van der Waals surface area contributed by atoms with Gasteiger partial charge in [-0.05, 0) is 42.5 Å². The van der Waals surface area contributed by atoms with E-state index >= 15 is 0 Å². The Labute approximate surface area is 164 Å². The fourth-order valence-corrected chi connectivity index (χ4v) is 3.70. The van der Waals surface area contributed by atoms with E-state index in [-0.39, 0.29) is 12.1 Å². The second-order valence-electron chi connectivity index (χ2n) is 6.63. The van der Waals surface area contributed by atoms with Gasteiger partial charge in [-0.15, -0.1) is 0 Å². The molecule has 2 heterocycles. The van der Waals surface area contributed by atoms with Crippen molar-refractivity contribution in [1.29, 1.82) is 0 Å². The first-order chi connectivity index (χ1) is 13.7. The first-order valence-corrected chi connectivity index (χ1v) is 9.21. The Morgan fingerprint density at radius 3 is 2.57 bits per heavy atom. The van der Waals surface area contributed by atoms with Crippen LogP contribution in [0.4, 0.5) is 10.5 Å². The smallest absolute Gasteiger partial charge is 0.322 e. The Bertz CT molecular complexity index is 968. The summed E-state index contributed by atoms with van der Waals surface area (Å²) in [5.74, 6) is 1.45. The number of benzene rings is 2. The molecule has 6 nitrogen and oxygen atoms in total. The summed E-state index contributed by atoms with van der Waals surface area (Å²) >= 11 is 0. The molecule has 0 radical (unpaired) electrons. The van der Waals surface area contributed by atoms with Crippen LogP contribution in [0.3, 0.4) is 0 Å². The van der Waals surface area contributed by atoms with E-state index in [1.165, 1.54) is 0 Å². The number of nitrogens with zero attached hydrogens (tertiary/aromatic N) is 2. The predicted molar refractivity (Wildman–Crippen MR) is 108 cm³/mol. The highest BCUT2D eigenvalue weighted by Crippen LogP contribution is 2.39. The van der Waals surface area contributed by atoms with Gasteiger partial charge >= 0.3 is 6.03 Å². The first kappa shape index (κ1) is 18.0. The fraction of sp³-hybridized carbons (Fsp3) is 0.227. The second kappa shape index (κ2) is 7.68. The van der Waals surface area contributed by atoms with Crippen LogP contribution in [0.2, 0.25) is 0 Å². The molecule has 0 fully saturated rings. The van der Waals surface area contributed by atoms with Crippen LogP contribution in [-0.4, -0.2) is 36.3 Å². The van der Waals surface area contributed by atoms with Crippen molar-refractivity contribution in [3.8, 4) is 11.5 Å². The fourth-order valence-electron chi connectivity index (χ4n) is 3.70. The van der Waals surface area contributed by atoms with Crippen molar-refractivity contribution in [1.82, 2.24) is 9.47 Å². The van der Waals surface area contributed by atoms with Crippen molar-refractivity contribution in [3.05, 3.63) is 78.1 Å². The molecule has 1 aliphatic rings. The number of carbonyl (C=O) groups is 1. The summed E-state index contributed by atoms with van der Waals surface area (Å²) in [6.07, 6.45) is 2.04. The number of methoxy groups -OCH3 is 2. The number of fused-ring (bicyclic) bond motifs is 1. The molecule has 1 atom stereocenters. The molecule has 1 unspecified atom stereocenters. The van der Waals surface area contributed by atoms with Gasteiger partial charge in [0.15, 0.2) is 0 Å². The van der Waals surface area contributed by atoms with Crippen LogP contribution >= 0.6 is 0 Å². The average molecular weight is 377 g/mol. The molecule has 1 aromatic heterocycles. The zero-order valence-corrected chi connectivity index (χ0v) is 16.0. The molecule has 0 spiro atoms. The number of para-hydroxylation sites is 1. The van der Waals surface area contributed by atoms with Gasteiger partial charge in [-0.3, -0.25) is 0 Å². The van der Waals surface area contributed by atoms with Crippen molar-refractivity contribution in [2.24, 2.45) is 0 Å². The second-order valence-corrected chi connectivity index (χ2v) is 6.63. The number of carbonyl (C=O) groups excluding carboxylic acids is 1. The Morgan fingerprint density at radius 2 is 1.82 bits per heavy atom. The van der Waals surface area contributed by atoms with Gasteiger partial charge < -0.3 is 24.3 Å². The lowest BCUT2D eigenvalue weighted by molar-refractivity contribution is 0.180. The molecule has 1 aliphatic heterocycles. The summed E-state index contributed by atoms with van der Waals surface area (Å²) < 4.78 is 13.2. The molecule has 144 valence electrons. The van der Waals surface area contributed by atoms with Gasteiger partial charge in [-0.1, -0.05) is 18.2 Å². The van der Waals surface area contributed by atoms with Crippen molar-refractivity contribution in [3.63, 3.8) is 0 Å². The minimum absolute atomic E-state index is 0.145. The van der Waals surface area contributed by atoms with Gasteiger partial charge in [0.25, 0.3) is 0 Å². The van der Waals surface area contributed by atoms with E-state index in [4.69, 9.17) is 9.47 Å². The summed E-state index contributed by atoms with van der Waals surface area (Å²) in [6.45, 7) is 1.33. The molecule has 3 aromatic rings. The van der Waals surface area contributed by atoms with Crippen LogP contribution in [-0.2, 0) is 6.54 Å². The minimum atomic E-state index is -0.280. The lowest BCUT2D eigenvalue weighted by Gasteiger charge is -2.37. The quantitative estimate of drug-likeness (QED) is 0.743. The molecule has 0 bridgehead atoms. The van der Waals surface area contributed by atoms with E-state index in [0.29, 0.717) is 6.54 Å². The van der Waals surface area contributed by atoms with Gasteiger partial charge in [-0.2, -0.15) is 0 Å². The lowest BCUT2D eigenvalue weighted by atomic mass is 9.98. The normalized spacial score (nSPS) is 15.6. The maximum atomic E-state index is 13.2. The summed E-state index contributed by atoms with van der Waals surface area (Å²) in [5.41, 5.74) is 2.70. The van der Waals surface area contributed by atoms with Gasteiger partial charge in [0.2, 0.25) is 0 Å². The summed E-state index contributed by atoms with van der Waals surface area (Å²) in [7, 11) is 3.27. The number of hydrogen-bond donors (Lipinski definition) is 1.